The Morgan fingerprint density at radius 1 is 0.605 bits per heavy atom. The molecule has 0 atom stereocenters. The van der Waals surface area contributed by atoms with Crippen LogP contribution in [0.25, 0.3) is 44.5 Å². The number of nitrogens with zero attached hydrogens (tertiary/aromatic N) is 2. The average molecular weight is 494 g/mol. The fourth-order valence-electron chi connectivity index (χ4n) is 4.63. The van der Waals surface area contributed by atoms with E-state index in [2.05, 4.69) is 78.9 Å². The predicted octanol–water partition coefficient (Wildman–Crippen LogP) is 7.67. The lowest BCUT2D eigenvalue weighted by Crippen LogP contribution is -1.97. The number of ether oxygens (including phenoxy) is 1. The molecule has 0 aliphatic heterocycles. The summed E-state index contributed by atoms with van der Waals surface area (Å²) in [6.07, 6.45) is 1.83. The molecule has 0 fully saturated rings. The van der Waals surface area contributed by atoms with Crippen LogP contribution in [-0.2, 0) is 13.2 Å². The molecule has 0 radical (unpaired) electrons. The van der Waals surface area contributed by atoms with Gasteiger partial charge in [0.25, 0.3) is 0 Å². The lowest BCUT2D eigenvalue weighted by atomic mass is 9.95. The number of fused-ring (bicyclic) bond motifs is 1. The number of hydrogen-bond acceptors (Lipinski definition) is 4. The van der Waals surface area contributed by atoms with Gasteiger partial charge in [0.15, 0.2) is 0 Å². The Kier molecular flexibility index (Phi) is 6.62. The van der Waals surface area contributed by atoms with E-state index in [9.17, 15) is 0 Å². The minimum absolute atomic E-state index is 0.516. The van der Waals surface area contributed by atoms with Crippen LogP contribution in [0.3, 0.4) is 0 Å². The standard InChI is InChI=1S/C34H27N3O/c35-22-24-11-13-28(14-12-24)34-30(26-9-5-2-6-10-26)21-31-32(37-34)19-20-36-33(31)27-15-17-29(18-16-27)38-23-25-7-3-1-4-8-25/h1-21H,22-23,35H2. The zero-order chi connectivity index (χ0) is 25.7. The molecule has 0 spiro atoms. The van der Waals surface area contributed by atoms with E-state index >= 15 is 0 Å². The molecule has 2 heterocycles. The highest BCUT2D eigenvalue weighted by atomic mass is 16.5. The van der Waals surface area contributed by atoms with Crippen molar-refractivity contribution in [3.05, 3.63) is 139 Å². The molecule has 4 heteroatoms. The Bertz CT molecular complexity index is 1660. The van der Waals surface area contributed by atoms with E-state index in [4.69, 9.17) is 20.4 Å². The van der Waals surface area contributed by atoms with Crippen molar-refractivity contribution >= 4 is 10.9 Å². The van der Waals surface area contributed by atoms with Crippen LogP contribution in [0.5, 0.6) is 5.75 Å². The van der Waals surface area contributed by atoms with Gasteiger partial charge < -0.3 is 10.5 Å². The van der Waals surface area contributed by atoms with Crippen molar-refractivity contribution in [3.8, 4) is 39.4 Å². The molecule has 4 aromatic carbocycles. The second-order valence-corrected chi connectivity index (χ2v) is 9.18. The summed E-state index contributed by atoms with van der Waals surface area (Å²) in [5, 5.41) is 1.01. The predicted molar refractivity (Wildman–Crippen MR) is 155 cm³/mol. The largest absolute Gasteiger partial charge is 0.489 e. The zero-order valence-corrected chi connectivity index (χ0v) is 20.9. The third-order valence-electron chi connectivity index (χ3n) is 6.67. The molecule has 0 unspecified atom stereocenters. The summed E-state index contributed by atoms with van der Waals surface area (Å²) in [6, 6.07) is 41.2. The molecule has 0 aliphatic rings. The molecular weight excluding hydrogens is 466 g/mol. The summed E-state index contributed by atoms with van der Waals surface area (Å²) >= 11 is 0. The minimum atomic E-state index is 0.516. The molecule has 0 saturated carbocycles. The number of hydrogen-bond donors (Lipinski definition) is 1. The molecule has 0 saturated heterocycles. The summed E-state index contributed by atoms with van der Waals surface area (Å²) in [4.78, 5) is 9.91. The number of benzene rings is 4. The molecule has 184 valence electrons. The SMILES string of the molecule is NCc1ccc(-c2nc3ccnc(-c4ccc(OCc5ccccc5)cc4)c3cc2-c2ccccc2)cc1. The van der Waals surface area contributed by atoms with Gasteiger partial charge in [-0.05, 0) is 53.1 Å². The molecule has 6 aromatic rings. The van der Waals surface area contributed by atoms with Gasteiger partial charge in [-0.25, -0.2) is 4.98 Å². The van der Waals surface area contributed by atoms with Crippen molar-refractivity contribution in [1.29, 1.82) is 0 Å². The number of pyridine rings is 2. The first kappa shape index (κ1) is 23.6. The van der Waals surface area contributed by atoms with Crippen LogP contribution >= 0.6 is 0 Å². The molecular formula is C34H27N3O. The van der Waals surface area contributed by atoms with Crippen molar-refractivity contribution in [2.75, 3.05) is 0 Å². The van der Waals surface area contributed by atoms with Gasteiger partial charge in [-0.15, -0.1) is 0 Å². The maximum Gasteiger partial charge on any atom is 0.119 e. The van der Waals surface area contributed by atoms with Gasteiger partial charge in [0.2, 0.25) is 0 Å². The van der Waals surface area contributed by atoms with Gasteiger partial charge in [0, 0.05) is 34.8 Å². The van der Waals surface area contributed by atoms with Crippen molar-refractivity contribution < 1.29 is 4.74 Å². The third-order valence-corrected chi connectivity index (χ3v) is 6.67. The zero-order valence-electron chi connectivity index (χ0n) is 20.9. The fourth-order valence-corrected chi connectivity index (χ4v) is 4.63. The molecule has 38 heavy (non-hydrogen) atoms. The third kappa shape index (κ3) is 4.90. The van der Waals surface area contributed by atoms with Crippen LogP contribution in [0, 0.1) is 0 Å². The van der Waals surface area contributed by atoms with Gasteiger partial charge in [0.05, 0.1) is 16.9 Å². The molecule has 2 N–H and O–H groups in total. The highest BCUT2D eigenvalue weighted by Crippen LogP contribution is 2.36. The fraction of sp³-hybridized carbons (Fsp3) is 0.0588. The Balaban J connectivity index is 1.40. The van der Waals surface area contributed by atoms with Crippen LogP contribution in [0.15, 0.2) is 128 Å². The van der Waals surface area contributed by atoms with E-state index in [0.717, 1.165) is 61.4 Å². The Morgan fingerprint density at radius 2 is 1.26 bits per heavy atom. The van der Waals surface area contributed by atoms with Crippen molar-refractivity contribution in [2.24, 2.45) is 5.73 Å². The number of rotatable bonds is 7. The van der Waals surface area contributed by atoms with E-state index in [0.29, 0.717) is 13.2 Å². The normalized spacial score (nSPS) is 11.0. The van der Waals surface area contributed by atoms with Crippen LogP contribution in [-0.4, -0.2) is 9.97 Å². The monoisotopic (exact) mass is 493 g/mol. The first-order valence-electron chi connectivity index (χ1n) is 12.7. The van der Waals surface area contributed by atoms with Gasteiger partial charge in [-0.1, -0.05) is 84.9 Å². The molecule has 4 nitrogen and oxygen atoms in total. The second-order valence-electron chi connectivity index (χ2n) is 9.18. The summed E-state index contributed by atoms with van der Waals surface area (Å²) < 4.78 is 5.99. The summed E-state index contributed by atoms with van der Waals surface area (Å²) in [5.41, 5.74) is 15.0. The highest BCUT2D eigenvalue weighted by Gasteiger charge is 2.15. The summed E-state index contributed by atoms with van der Waals surface area (Å²) in [6.45, 7) is 1.05. The first-order valence-corrected chi connectivity index (χ1v) is 12.7. The molecule has 0 aliphatic carbocycles. The first-order chi connectivity index (χ1) is 18.8. The Labute approximate surface area is 222 Å². The molecule has 2 aromatic heterocycles. The van der Waals surface area contributed by atoms with Gasteiger partial charge in [-0.2, -0.15) is 0 Å². The topological polar surface area (TPSA) is 61.0 Å². The summed E-state index contributed by atoms with van der Waals surface area (Å²) in [7, 11) is 0. The maximum absolute atomic E-state index is 5.99. The molecule has 6 rings (SSSR count). The maximum atomic E-state index is 5.99. The van der Waals surface area contributed by atoms with Crippen LogP contribution in [0.2, 0.25) is 0 Å². The van der Waals surface area contributed by atoms with Crippen molar-refractivity contribution in [2.45, 2.75) is 13.2 Å². The lowest BCUT2D eigenvalue weighted by molar-refractivity contribution is 0.306. The second kappa shape index (κ2) is 10.7. The van der Waals surface area contributed by atoms with Crippen LogP contribution in [0.1, 0.15) is 11.1 Å². The quantitative estimate of drug-likeness (QED) is 0.248. The number of aromatic nitrogens is 2. The highest BCUT2D eigenvalue weighted by molar-refractivity contribution is 5.98. The Morgan fingerprint density at radius 3 is 1.97 bits per heavy atom. The van der Waals surface area contributed by atoms with Gasteiger partial charge in [0.1, 0.15) is 12.4 Å². The van der Waals surface area contributed by atoms with E-state index in [1.54, 1.807) is 0 Å². The Hall–Kier alpha value is -4.80. The number of nitrogens with two attached hydrogens (primary N) is 1. The summed E-state index contributed by atoms with van der Waals surface area (Å²) in [5.74, 6) is 0.823. The average Bonchev–Trinajstić information content (AvgIpc) is 3.00. The van der Waals surface area contributed by atoms with Gasteiger partial charge >= 0.3 is 0 Å². The molecule has 0 amide bonds. The minimum Gasteiger partial charge on any atom is -0.489 e. The van der Waals surface area contributed by atoms with Crippen molar-refractivity contribution in [1.82, 2.24) is 9.97 Å². The molecule has 0 bridgehead atoms. The van der Waals surface area contributed by atoms with Crippen LogP contribution < -0.4 is 10.5 Å². The van der Waals surface area contributed by atoms with E-state index < -0.39 is 0 Å². The van der Waals surface area contributed by atoms with E-state index in [1.165, 1.54) is 0 Å². The van der Waals surface area contributed by atoms with Gasteiger partial charge in [-0.3, -0.25) is 4.98 Å². The van der Waals surface area contributed by atoms with E-state index in [-0.39, 0.29) is 0 Å². The van der Waals surface area contributed by atoms with Crippen LogP contribution in [0.4, 0.5) is 0 Å². The lowest BCUT2D eigenvalue weighted by Gasteiger charge is -2.14. The van der Waals surface area contributed by atoms with E-state index in [1.807, 2.05) is 48.7 Å². The smallest absolute Gasteiger partial charge is 0.119 e. The van der Waals surface area contributed by atoms with Crippen molar-refractivity contribution in [3.63, 3.8) is 0 Å².